The molecule has 0 spiro atoms. The lowest BCUT2D eigenvalue weighted by Gasteiger charge is -2.32. The van der Waals surface area contributed by atoms with E-state index < -0.39 is 6.04 Å². The monoisotopic (exact) mass is 536 g/mol. The summed E-state index contributed by atoms with van der Waals surface area (Å²) in [5.74, 6) is 0.896. The third-order valence-corrected chi connectivity index (χ3v) is 8.25. The van der Waals surface area contributed by atoms with E-state index in [4.69, 9.17) is 9.47 Å². The Morgan fingerprint density at radius 1 is 0.923 bits per heavy atom. The Morgan fingerprint density at radius 3 is 2.26 bits per heavy atom. The van der Waals surface area contributed by atoms with Crippen LogP contribution in [0, 0.1) is 11.8 Å². The van der Waals surface area contributed by atoms with Crippen LogP contribution in [-0.2, 0) is 16.0 Å². The van der Waals surface area contributed by atoms with E-state index in [0.717, 1.165) is 37.0 Å². The first-order valence-corrected chi connectivity index (χ1v) is 14.6. The number of ether oxygens (including phenoxy) is 2. The summed E-state index contributed by atoms with van der Waals surface area (Å²) in [6.07, 6.45) is 11.5. The third kappa shape index (κ3) is 8.72. The van der Waals surface area contributed by atoms with Crippen LogP contribution in [-0.4, -0.2) is 49.3 Å². The predicted octanol–water partition coefficient (Wildman–Crippen LogP) is 5.40. The summed E-state index contributed by atoms with van der Waals surface area (Å²) in [5.41, 5.74) is 1.29. The van der Waals surface area contributed by atoms with Gasteiger partial charge in [0.2, 0.25) is 5.91 Å². The molecule has 7 nitrogen and oxygen atoms in total. The maximum atomic E-state index is 13.4. The standard InChI is InChI=1S/C32H44N2O5/c1-38-26-18-16-23(17-19-26)20-30(39-22-24-10-4-2-5-11-24)28(34-31(36)25-12-6-3-7-13-25)21-33-32(37)27-14-8-9-15-29(27)35/h8-9,14-19,24-25,28,30,35H,2-7,10-13,20-22H2,1H3,(H,33,37)(H,34,36). The highest BCUT2D eigenvalue weighted by Crippen LogP contribution is 2.26. The average Bonchev–Trinajstić information content (AvgIpc) is 2.98. The van der Waals surface area contributed by atoms with Gasteiger partial charge in [0, 0.05) is 25.5 Å². The maximum Gasteiger partial charge on any atom is 0.255 e. The molecule has 2 aliphatic rings. The average molecular weight is 537 g/mol. The molecule has 3 N–H and O–H groups in total. The third-order valence-electron chi connectivity index (χ3n) is 8.25. The molecule has 39 heavy (non-hydrogen) atoms. The Bertz CT molecular complexity index is 1040. The molecule has 4 rings (SSSR count). The Labute approximate surface area is 232 Å². The minimum Gasteiger partial charge on any atom is -0.507 e. The van der Waals surface area contributed by atoms with Crippen molar-refractivity contribution >= 4 is 11.8 Å². The minimum absolute atomic E-state index is 0.00454. The number of nitrogens with one attached hydrogen (secondary N) is 2. The Hall–Kier alpha value is -3.06. The van der Waals surface area contributed by atoms with Gasteiger partial charge in [0.05, 0.1) is 24.8 Å². The molecule has 212 valence electrons. The van der Waals surface area contributed by atoms with Gasteiger partial charge in [-0.1, -0.05) is 62.8 Å². The molecule has 2 amide bonds. The molecular weight excluding hydrogens is 492 g/mol. The van der Waals surface area contributed by atoms with Crippen molar-refractivity contribution in [3.63, 3.8) is 0 Å². The fraction of sp³-hybridized carbons (Fsp3) is 0.562. The normalized spacial score (nSPS) is 18.2. The number of carbonyl (C=O) groups is 2. The van der Waals surface area contributed by atoms with Crippen LogP contribution in [0.15, 0.2) is 48.5 Å². The highest BCUT2D eigenvalue weighted by atomic mass is 16.5. The molecule has 0 aliphatic heterocycles. The predicted molar refractivity (Wildman–Crippen MR) is 152 cm³/mol. The molecule has 2 aliphatic carbocycles. The summed E-state index contributed by atoms with van der Waals surface area (Å²) in [7, 11) is 1.65. The molecule has 2 unspecified atom stereocenters. The van der Waals surface area contributed by atoms with Gasteiger partial charge >= 0.3 is 0 Å². The summed E-state index contributed by atoms with van der Waals surface area (Å²) in [6.45, 7) is 0.848. The Balaban J connectivity index is 1.53. The largest absolute Gasteiger partial charge is 0.507 e. The van der Waals surface area contributed by atoms with E-state index in [1.165, 1.54) is 44.6 Å². The molecule has 7 heteroatoms. The lowest BCUT2D eigenvalue weighted by atomic mass is 9.88. The number of amides is 2. The van der Waals surface area contributed by atoms with Crippen molar-refractivity contribution in [3.05, 3.63) is 59.7 Å². The zero-order valence-electron chi connectivity index (χ0n) is 23.2. The number of carbonyl (C=O) groups excluding carboxylic acids is 2. The van der Waals surface area contributed by atoms with E-state index in [1.807, 2.05) is 24.3 Å². The van der Waals surface area contributed by atoms with E-state index in [9.17, 15) is 14.7 Å². The molecule has 0 aromatic heterocycles. The van der Waals surface area contributed by atoms with E-state index in [1.54, 1.807) is 25.3 Å². The molecule has 2 saturated carbocycles. The first-order valence-electron chi connectivity index (χ1n) is 14.6. The second-order valence-corrected chi connectivity index (χ2v) is 11.1. The van der Waals surface area contributed by atoms with Gasteiger partial charge in [0.25, 0.3) is 5.91 Å². The summed E-state index contributed by atoms with van der Waals surface area (Å²) in [4.78, 5) is 26.4. The van der Waals surface area contributed by atoms with E-state index in [-0.39, 0.29) is 41.7 Å². The van der Waals surface area contributed by atoms with Crippen molar-refractivity contribution in [1.82, 2.24) is 10.6 Å². The number of benzene rings is 2. The van der Waals surface area contributed by atoms with Crippen LogP contribution in [0.2, 0.25) is 0 Å². The number of hydrogen-bond donors (Lipinski definition) is 3. The van der Waals surface area contributed by atoms with Gasteiger partial charge in [-0.15, -0.1) is 0 Å². The Morgan fingerprint density at radius 2 is 1.59 bits per heavy atom. The quantitative estimate of drug-likeness (QED) is 0.337. The number of phenolic OH excluding ortho intramolecular Hbond substituents is 1. The number of para-hydroxylation sites is 1. The zero-order valence-corrected chi connectivity index (χ0v) is 23.2. The van der Waals surface area contributed by atoms with Gasteiger partial charge in [-0.2, -0.15) is 0 Å². The van der Waals surface area contributed by atoms with Crippen molar-refractivity contribution in [3.8, 4) is 11.5 Å². The van der Waals surface area contributed by atoms with Crippen molar-refractivity contribution in [2.75, 3.05) is 20.3 Å². The van der Waals surface area contributed by atoms with E-state index in [0.29, 0.717) is 18.9 Å². The van der Waals surface area contributed by atoms with Gasteiger partial charge in [-0.05, 0) is 61.4 Å². The second-order valence-electron chi connectivity index (χ2n) is 11.1. The molecule has 0 heterocycles. The fourth-order valence-electron chi connectivity index (χ4n) is 5.83. The number of aromatic hydroxyl groups is 1. The van der Waals surface area contributed by atoms with Gasteiger partial charge in [0.1, 0.15) is 11.5 Å². The fourth-order valence-corrected chi connectivity index (χ4v) is 5.83. The van der Waals surface area contributed by atoms with Gasteiger partial charge in [-0.3, -0.25) is 9.59 Å². The lowest BCUT2D eigenvalue weighted by Crippen LogP contribution is -2.53. The zero-order chi connectivity index (χ0) is 27.5. The van der Waals surface area contributed by atoms with Crippen LogP contribution in [0.4, 0.5) is 0 Å². The minimum atomic E-state index is -0.417. The van der Waals surface area contributed by atoms with Crippen molar-refractivity contribution in [2.24, 2.45) is 11.8 Å². The van der Waals surface area contributed by atoms with Gasteiger partial charge < -0.3 is 25.2 Å². The number of methoxy groups -OCH3 is 1. The van der Waals surface area contributed by atoms with Crippen molar-refractivity contribution in [2.45, 2.75) is 82.8 Å². The molecular formula is C32H44N2O5. The maximum absolute atomic E-state index is 13.4. The summed E-state index contributed by atoms with van der Waals surface area (Å²) >= 11 is 0. The van der Waals surface area contributed by atoms with Gasteiger partial charge in [-0.25, -0.2) is 0 Å². The van der Waals surface area contributed by atoms with Crippen molar-refractivity contribution in [1.29, 1.82) is 0 Å². The lowest BCUT2D eigenvalue weighted by molar-refractivity contribution is -0.128. The van der Waals surface area contributed by atoms with Crippen LogP contribution in [0.25, 0.3) is 0 Å². The first kappa shape index (κ1) is 28.9. The molecule has 2 fully saturated rings. The summed E-state index contributed by atoms with van der Waals surface area (Å²) in [5, 5.41) is 16.4. The van der Waals surface area contributed by atoms with E-state index >= 15 is 0 Å². The number of phenols is 1. The Kier molecular flexibility index (Phi) is 11.1. The topological polar surface area (TPSA) is 96.9 Å². The number of hydrogen-bond acceptors (Lipinski definition) is 5. The van der Waals surface area contributed by atoms with E-state index in [2.05, 4.69) is 10.6 Å². The highest BCUT2D eigenvalue weighted by Gasteiger charge is 2.30. The van der Waals surface area contributed by atoms with Gasteiger partial charge in [0.15, 0.2) is 0 Å². The van der Waals surface area contributed by atoms with Crippen LogP contribution in [0.3, 0.4) is 0 Å². The smallest absolute Gasteiger partial charge is 0.255 e. The highest BCUT2D eigenvalue weighted by molar-refractivity contribution is 5.96. The molecule has 2 atom stereocenters. The molecule has 0 radical (unpaired) electrons. The molecule has 2 aromatic rings. The summed E-state index contributed by atoms with van der Waals surface area (Å²) in [6, 6.07) is 14.0. The summed E-state index contributed by atoms with van der Waals surface area (Å²) < 4.78 is 11.9. The van der Waals surface area contributed by atoms with Crippen LogP contribution in [0.1, 0.15) is 80.1 Å². The molecule has 2 aromatic carbocycles. The van der Waals surface area contributed by atoms with Crippen molar-refractivity contribution < 1.29 is 24.2 Å². The first-order chi connectivity index (χ1) is 19.0. The SMILES string of the molecule is COc1ccc(CC(OCC2CCCCC2)C(CNC(=O)c2ccccc2O)NC(=O)C2CCCCC2)cc1. The molecule has 0 bridgehead atoms. The molecule has 0 saturated heterocycles. The van der Waals surface area contributed by atoms with Crippen LogP contribution >= 0.6 is 0 Å². The van der Waals surface area contributed by atoms with Crippen LogP contribution < -0.4 is 15.4 Å². The van der Waals surface area contributed by atoms with Crippen LogP contribution in [0.5, 0.6) is 11.5 Å². The second kappa shape index (κ2) is 14.9. The number of rotatable bonds is 12.